The van der Waals surface area contributed by atoms with Crippen LogP contribution >= 0.6 is 22.9 Å². The van der Waals surface area contributed by atoms with E-state index in [0.29, 0.717) is 20.3 Å². The molecule has 7 nitrogen and oxygen atoms in total. The van der Waals surface area contributed by atoms with Gasteiger partial charge in [0.15, 0.2) is 5.82 Å². The number of thiazole rings is 1. The number of hydrogen-bond donors (Lipinski definition) is 0. The third-order valence-electron chi connectivity index (χ3n) is 5.29. The van der Waals surface area contributed by atoms with Crippen molar-refractivity contribution in [1.82, 2.24) is 29.4 Å². The lowest BCUT2D eigenvalue weighted by molar-refractivity contribution is 0.884. The van der Waals surface area contributed by atoms with E-state index in [4.69, 9.17) is 16.7 Å². The van der Waals surface area contributed by atoms with Gasteiger partial charge in [-0.05, 0) is 42.5 Å². The standard InChI is InChI=1S/C25H15ClN6OS/c26-19-8-6-16(7-9-19)22-18(15-31(29-22)20-4-2-1-3-5-20)14-21-24(33)32-25(34-21)28-23(30-32)17-10-12-27-13-11-17/h1-15H. The van der Waals surface area contributed by atoms with Crippen molar-refractivity contribution in [3.63, 3.8) is 0 Å². The van der Waals surface area contributed by atoms with Crippen molar-refractivity contribution in [3.05, 3.63) is 111 Å². The molecule has 4 heterocycles. The van der Waals surface area contributed by atoms with Crippen LogP contribution in [0.4, 0.5) is 0 Å². The molecule has 2 aromatic carbocycles. The van der Waals surface area contributed by atoms with Crippen molar-refractivity contribution in [2.45, 2.75) is 0 Å². The smallest absolute Gasteiger partial charge is 0.266 e. The Kier molecular flexibility index (Phi) is 5.01. The molecule has 0 N–H and O–H groups in total. The molecule has 4 aromatic heterocycles. The van der Waals surface area contributed by atoms with E-state index < -0.39 is 0 Å². The van der Waals surface area contributed by atoms with Gasteiger partial charge in [0.2, 0.25) is 4.96 Å². The van der Waals surface area contributed by atoms with Gasteiger partial charge in [-0.3, -0.25) is 9.78 Å². The quantitative estimate of drug-likeness (QED) is 0.375. The highest BCUT2D eigenvalue weighted by Crippen LogP contribution is 2.26. The fourth-order valence-electron chi connectivity index (χ4n) is 3.64. The minimum Gasteiger partial charge on any atom is -0.266 e. The molecule has 0 aliphatic rings. The Labute approximate surface area is 202 Å². The summed E-state index contributed by atoms with van der Waals surface area (Å²) >= 11 is 7.38. The first kappa shape index (κ1) is 20.5. The van der Waals surface area contributed by atoms with Crippen LogP contribution in [0.2, 0.25) is 5.02 Å². The molecule has 6 aromatic rings. The zero-order valence-electron chi connectivity index (χ0n) is 17.5. The summed E-state index contributed by atoms with van der Waals surface area (Å²) in [5, 5.41) is 9.86. The maximum Gasteiger partial charge on any atom is 0.291 e. The van der Waals surface area contributed by atoms with Gasteiger partial charge in [-0.25, -0.2) is 4.68 Å². The van der Waals surface area contributed by atoms with Crippen molar-refractivity contribution in [2.24, 2.45) is 0 Å². The number of halogens is 1. The summed E-state index contributed by atoms with van der Waals surface area (Å²) in [5.41, 5.74) is 3.97. The van der Waals surface area contributed by atoms with Gasteiger partial charge in [0.05, 0.1) is 10.2 Å². The van der Waals surface area contributed by atoms with Gasteiger partial charge in [-0.2, -0.15) is 14.6 Å². The largest absolute Gasteiger partial charge is 0.291 e. The first-order valence-corrected chi connectivity index (χ1v) is 11.6. The second-order valence-corrected chi connectivity index (χ2v) is 8.95. The summed E-state index contributed by atoms with van der Waals surface area (Å²) in [5.74, 6) is 0.496. The number of fused-ring (bicyclic) bond motifs is 1. The number of rotatable bonds is 4. The zero-order valence-corrected chi connectivity index (χ0v) is 19.1. The molecule has 164 valence electrons. The number of pyridine rings is 1. The second kappa shape index (κ2) is 8.33. The summed E-state index contributed by atoms with van der Waals surface area (Å²) < 4.78 is 3.67. The highest BCUT2D eigenvalue weighted by molar-refractivity contribution is 7.15. The van der Waals surface area contributed by atoms with Crippen molar-refractivity contribution < 1.29 is 0 Å². The molecule has 0 saturated carbocycles. The van der Waals surface area contributed by atoms with Crippen molar-refractivity contribution in [3.8, 4) is 28.3 Å². The van der Waals surface area contributed by atoms with Crippen LogP contribution in [0.5, 0.6) is 0 Å². The van der Waals surface area contributed by atoms with E-state index in [9.17, 15) is 4.79 Å². The van der Waals surface area contributed by atoms with E-state index in [1.165, 1.54) is 15.9 Å². The van der Waals surface area contributed by atoms with Gasteiger partial charge in [0, 0.05) is 40.3 Å². The van der Waals surface area contributed by atoms with Crippen LogP contribution < -0.4 is 10.1 Å². The van der Waals surface area contributed by atoms with E-state index in [-0.39, 0.29) is 5.56 Å². The van der Waals surface area contributed by atoms with E-state index >= 15 is 0 Å². The molecular formula is C25H15ClN6OS. The minimum atomic E-state index is -0.220. The summed E-state index contributed by atoms with van der Waals surface area (Å²) in [6.07, 6.45) is 7.10. The second-order valence-electron chi connectivity index (χ2n) is 7.50. The summed E-state index contributed by atoms with van der Waals surface area (Å²) in [4.78, 5) is 22.2. The molecule has 34 heavy (non-hydrogen) atoms. The predicted octanol–water partition coefficient (Wildman–Crippen LogP) is 4.27. The first-order chi connectivity index (χ1) is 16.7. The van der Waals surface area contributed by atoms with E-state index in [2.05, 4.69) is 15.1 Å². The fraction of sp³-hybridized carbons (Fsp3) is 0. The Morgan fingerprint density at radius 1 is 0.882 bits per heavy atom. The van der Waals surface area contributed by atoms with Crippen LogP contribution in [0.25, 0.3) is 39.4 Å². The molecule has 0 aliphatic heterocycles. The molecule has 0 atom stereocenters. The SMILES string of the molecule is O=c1c(=Cc2cn(-c3ccccc3)nc2-c2ccc(Cl)cc2)sc2nc(-c3ccncc3)nn12. The maximum atomic E-state index is 13.1. The van der Waals surface area contributed by atoms with Crippen LogP contribution in [0.1, 0.15) is 5.56 Å². The lowest BCUT2D eigenvalue weighted by atomic mass is 10.1. The molecule has 0 spiro atoms. The molecular weight excluding hydrogens is 468 g/mol. The molecule has 6 rings (SSSR count). The molecule has 9 heteroatoms. The highest BCUT2D eigenvalue weighted by atomic mass is 35.5. The average molecular weight is 483 g/mol. The molecule has 0 unspecified atom stereocenters. The molecule has 0 radical (unpaired) electrons. The Bertz CT molecular complexity index is 1720. The molecule has 0 amide bonds. The van der Waals surface area contributed by atoms with E-state index in [1.807, 2.05) is 79.0 Å². The molecule has 0 bridgehead atoms. The van der Waals surface area contributed by atoms with Crippen molar-refractivity contribution in [1.29, 1.82) is 0 Å². The number of nitrogens with zero attached hydrogens (tertiary/aromatic N) is 6. The van der Waals surface area contributed by atoms with Gasteiger partial charge in [0.25, 0.3) is 5.56 Å². The average Bonchev–Trinajstić information content (AvgIpc) is 3.56. The molecule has 0 saturated heterocycles. The number of benzene rings is 2. The molecule has 0 aliphatic carbocycles. The third kappa shape index (κ3) is 3.68. The fourth-order valence-corrected chi connectivity index (χ4v) is 4.66. The van der Waals surface area contributed by atoms with Gasteiger partial charge < -0.3 is 0 Å². The monoisotopic (exact) mass is 482 g/mol. The summed E-state index contributed by atoms with van der Waals surface area (Å²) in [7, 11) is 0. The first-order valence-electron chi connectivity index (χ1n) is 10.4. The highest BCUT2D eigenvalue weighted by Gasteiger charge is 2.15. The third-order valence-corrected chi connectivity index (χ3v) is 6.50. The topological polar surface area (TPSA) is 78.0 Å². The lowest BCUT2D eigenvalue weighted by Crippen LogP contribution is -2.23. The maximum absolute atomic E-state index is 13.1. The van der Waals surface area contributed by atoms with Crippen molar-refractivity contribution >= 4 is 34.0 Å². The zero-order chi connectivity index (χ0) is 23.1. The van der Waals surface area contributed by atoms with Crippen LogP contribution in [-0.4, -0.2) is 29.4 Å². The summed E-state index contributed by atoms with van der Waals surface area (Å²) in [6, 6.07) is 20.9. The van der Waals surface area contributed by atoms with Gasteiger partial charge >= 0.3 is 0 Å². The summed E-state index contributed by atoms with van der Waals surface area (Å²) in [6.45, 7) is 0. The Hall–Kier alpha value is -4.14. The van der Waals surface area contributed by atoms with Crippen molar-refractivity contribution in [2.75, 3.05) is 0 Å². The number of para-hydroxylation sites is 1. The lowest BCUT2D eigenvalue weighted by Gasteiger charge is -2.00. The number of aromatic nitrogens is 6. The normalized spacial score (nSPS) is 12.0. The van der Waals surface area contributed by atoms with Crippen LogP contribution in [-0.2, 0) is 0 Å². The van der Waals surface area contributed by atoms with E-state index in [0.717, 1.165) is 28.1 Å². The Morgan fingerprint density at radius 3 is 2.38 bits per heavy atom. The Morgan fingerprint density at radius 2 is 1.65 bits per heavy atom. The van der Waals surface area contributed by atoms with Gasteiger partial charge in [-0.15, -0.1) is 5.10 Å². The minimum absolute atomic E-state index is 0.220. The van der Waals surface area contributed by atoms with Gasteiger partial charge in [0.1, 0.15) is 5.69 Å². The predicted molar refractivity (Wildman–Crippen MR) is 133 cm³/mol. The van der Waals surface area contributed by atoms with Crippen LogP contribution in [0.15, 0.2) is 90.1 Å². The Balaban J connectivity index is 1.50. The van der Waals surface area contributed by atoms with E-state index in [1.54, 1.807) is 17.1 Å². The molecule has 0 fully saturated rings. The number of hydrogen-bond acceptors (Lipinski definition) is 6. The van der Waals surface area contributed by atoms with Crippen LogP contribution in [0, 0.1) is 0 Å². The van der Waals surface area contributed by atoms with Crippen LogP contribution in [0.3, 0.4) is 0 Å². The van der Waals surface area contributed by atoms with Gasteiger partial charge in [-0.1, -0.05) is 53.3 Å².